The number of Topliss-reactive ketones (excluding diaryl/α,β-unsaturated/α-hetero) is 2. The maximum absolute atomic E-state index is 11.3. The van der Waals surface area contributed by atoms with Crippen LogP contribution in [-0.4, -0.2) is 21.8 Å². The zero-order chi connectivity index (χ0) is 12.6. The lowest BCUT2D eigenvalue weighted by Gasteiger charge is -2.12. The Balaban J connectivity index is 3.77. The minimum absolute atomic E-state index is 0.0194. The Labute approximate surface area is 109 Å². The molecular formula is C10H8Br2O4. The van der Waals surface area contributed by atoms with E-state index in [1.165, 1.54) is 13.8 Å². The SMILES string of the molecule is CC(=O)c1c(O)c(Br)c(C(C)=O)c(O)c1Br. The molecule has 0 aliphatic rings. The highest BCUT2D eigenvalue weighted by atomic mass is 79.9. The van der Waals surface area contributed by atoms with E-state index in [4.69, 9.17) is 0 Å². The van der Waals surface area contributed by atoms with Crippen LogP contribution in [0.3, 0.4) is 0 Å². The summed E-state index contributed by atoms with van der Waals surface area (Å²) in [7, 11) is 0. The maximum Gasteiger partial charge on any atom is 0.164 e. The molecule has 4 nitrogen and oxygen atoms in total. The molecule has 0 fully saturated rings. The third kappa shape index (κ3) is 1.99. The Bertz CT molecular complexity index is 420. The van der Waals surface area contributed by atoms with Crippen molar-refractivity contribution < 1.29 is 19.8 Å². The molecule has 0 radical (unpaired) electrons. The standard InChI is InChI=1S/C10H8Br2O4/c1-3(13)5-7(11)10(16)6(4(2)14)8(12)9(5)15/h15-16H,1-2H3. The normalized spacial score (nSPS) is 10.2. The Morgan fingerprint density at radius 2 is 1.12 bits per heavy atom. The quantitative estimate of drug-likeness (QED) is 0.634. The van der Waals surface area contributed by atoms with Gasteiger partial charge in [-0.05, 0) is 45.7 Å². The lowest BCUT2D eigenvalue weighted by Crippen LogP contribution is -2.02. The number of aromatic hydroxyl groups is 2. The van der Waals surface area contributed by atoms with Gasteiger partial charge in [0.05, 0.1) is 20.1 Å². The fourth-order valence-electron chi connectivity index (χ4n) is 1.31. The average molecular weight is 352 g/mol. The highest BCUT2D eigenvalue weighted by Gasteiger charge is 2.25. The van der Waals surface area contributed by atoms with Crippen molar-refractivity contribution in [2.24, 2.45) is 0 Å². The molecule has 0 heterocycles. The maximum atomic E-state index is 11.3. The minimum Gasteiger partial charge on any atom is -0.506 e. The molecule has 0 spiro atoms. The summed E-state index contributed by atoms with van der Waals surface area (Å²) in [6.07, 6.45) is 0. The van der Waals surface area contributed by atoms with Gasteiger partial charge in [0, 0.05) is 0 Å². The van der Waals surface area contributed by atoms with Crippen LogP contribution in [0.2, 0.25) is 0 Å². The molecule has 1 aromatic rings. The van der Waals surface area contributed by atoms with E-state index in [2.05, 4.69) is 31.9 Å². The molecule has 0 unspecified atom stereocenters. The lowest BCUT2D eigenvalue weighted by molar-refractivity contribution is 0.0995. The smallest absolute Gasteiger partial charge is 0.164 e. The molecule has 86 valence electrons. The predicted molar refractivity (Wildman–Crippen MR) is 65.2 cm³/mol. The van der Waals surface area contributed by atoms with Crippen molar-refractivity contribution in [2.75, 3.05) is 0 Å². The second-order valence-corrected chi connectivity index (χ2v) is 4.77. The van der Waals surface area contributed by atoms with Crippen molar-refractivity contribution in [2.45, 2.75) is 13.8 Å². The van der Waals surface area contributed by atoms with Gasteiger partial charge in [-0.1, -0.05) is 0 Å². The van der Waals surface area contributed by atoms with Gasteiger partial charge in [-0.3, -0.25) is 9.59 Å². The van der Waals surface area contributed by atoms with Crippen molar-refractivity contribution in [1.82, 2.24) is 0 Å². The zero-order valence-electron chi connectivity index (χ0n) is 8.47. The number of benzene rings is 1. The summed E-state index contributed by atoms with van der Waals surface area (Å²) in [5, 5.41) is 19.5. The number of rotatable bonds is 2. The van der Waals surface area contributed by atoms with Gasteiger partial charge in [-0.25, -0.2) is 0 Å². The molecule has 0 aliphatic heterocycles. The summed E-state index contributed by atoms with van der Waals surface area (Å²) < 4.78 is 0.0387. The molecule has 1 rings (SSSR count). The summed E-state index contributed by atoms with van der Waals surface area (Å²) in [5.41, 5.74) is -0.122. The summed E-state index contributed by atoms with van der Waals surface area (Å²) in [5.74, 6) is -1.56. The molecule has 0 atom stereocenters. The van der Waals surface area contributed by atoms with E-state index in [1.54, 1.807) is 0 Å². The van der Waals surface area contributed by atoms with E-state index < -0.39 is 11.6 Å². The van der Waals surface area contributed by atoms with Gasteiger partial charge in [0.15, 0.2) is 11.6 Å². The van der Waals surface area contributed by atoms with E-state index in [0.717, 1.165) is 0 Å². The number of phenolic OH excluding ortho intramolecular Hbond substituents is 2. The largest absolute Gasteiger partial charge is 0.506 e. The fraction of sp³-hybridized carbons (Fsp3) is 0.200. The number of hydrogen-bond donors (Lipinski definition) is 2. The topological polar surface area (TPSA) is 74.6 Å². The van der Waals surface area contributed by atoms with Crippen LogP contribution in [0.25, 0.3) is 0 Å². The van der Waals surface area contributed by atoms with Gasteiger partial charge in [0.2, 0.25) is 0 Å². The number of ketones is 2. The minimum atomic E-state index is -0.421. The van der Waals surface area contributed by atoms with Gasteiger partial charge in [-0.15, -0.1) is 0 Å². The van der Waals surface area contributed by atoms with E-state index in [9.17, 15) is 19.8 Å². The van der Waals surface area contributed by atoms with Crippen molar-refractivity contribution in [3.05, 3.63) is 20.1 Å². The molecule has 2 N–H and O–H groups in total. The summed E-state index contributed by atoms with van der Waals surface area (Å²) in [4.78, 5) is 22.5. The first-order valence-corrected chi connectivity index (χ1v) is 5.82. The second-order valence-electron chi connectivity index (χ2n) is 3.19. The Kier molecular flexibility index (Phi) is 3.75. The highest BCUT2D eigenvalue weighted by Crippen LogP contribution is 2.44. The molecule has 0 bridgehead atoms. The summed E-state index contributed by atoms with van der Waals surface area (Å²) >= 11 is 5.96. The third-order valence-electron chi connectivity index (χ3n) is 2.03. The highest BCUT2D eigenvalue weighted by molar-refractivity contribution is 9.11. The van der Waals surface area contributed by atoms with E-state index >= 15 is 0 Å². The first kappa shape index (κ1) is 13.2. The summed E-state index contributed by atoms with van der Waals surface area (Å²) in [6, 6.07) is 0. The van der Waals surface area contributed by atoms with Crippen LogP contribution in [0.5, 0.6) is 11.5 Å². The molecule has 1 aromatic carbocycles. The Hall–Kier alpha value is -0.880. The van der Waals surface area contributed by atoms with Crippen LogP contribution in [0, 0.1) is 0 Å². The molecule has 0 amide bonds. The van der Waals surface area contributed by atoms with E-state index in [1.807, 2.05) is 0 Å². The van der Waals surface area contributed by atoms with Gasteiger partial charge in [0.25, 0.3) is 0 Å². The third-order valence-corrected chi connectivity index (χ3v) is 3.58. The molecule has 6 heteroatoms. The van der Waals surface area contributed by atoms with Crippen LogP contribution < -0.4 is 0 Å². The van der Waals surface area contributed by atoms with Crippen molar-refractivity contribution in [1.29, 1.82) is 0 Å². The summed E-state index contributed by atoms with van der Waals surface area (Å²) in [6.45, 7) is 2.50. The monoisotopic (exact) mass is 350 g/mol. The van der Waals surface area contributed by atoms with Crippen molar-refractivity contribution >= 4 is 43.4 Å². The average Bonchev–Trinajstić information content (AvgIpc) is 2.14. The van der Waals surface area contributed by atoms with E-state index in [-0.39, 0.29) is 31.6 Å². The molecule has 16 heavy (non-hydrogen) atoms. The fourth-order valence-corrected chi connectivity index (χ4v) is 2.64. The first-order chi connectivity index (χ1) is 7.29. The molecular weight excluding hydrogens is 344 g/mol. The Morgan fingerprint density at radius 1 is 0.875 bits per heavy atom. The van der Waals surface area contributed by atoms with Crippen molar-refractivity contribution in [3.8, 4) is 11.5 Å². The number of carbonyl (C=O) groups excluding carboxylic acids is 2. The molecule has 0 saturated carbocycles. The van der Waals surface area contributed by atoms with Crippen LogP contribution in [0.1, 0.15) is 34.6 Å². The second kappa shape index (κ2) is 4.55. The Morgan fingerprint density at radius 3 is 1.31 bits per heavy atom. The zero-order valence-corrected chi connectivity index (χ0v) is 11.6. The van der Waals surface area contributed by atoms with Gasteiger partial charge in [-0.2, -0.15) is 0 Å². The van der Waals surface area contributed by atoms with Gasteiger partial charge >= 0.3 is 0 Å². The number of halogens is 2. The first-order valence-electron chi connectivity index (χ1n) is 4.23. The molecule has 0 aromatic heterocycles. The predicted octanol–water partition coefficient (Wildman–Crippen LogP) is 3.03. The van der Waals surface area contributed by atoms with Crippen molar-refractivity contribution in [3.63, 3.8) is 0 Å². The lowest BCUT2D eigenvalue weighted by atomic mass is 10.0. The van der Waals surface area contributed by atoms with Crippen LogP contribution in [-0.2, 0) is 0 Å². The van der Waals surface area contributed by atoms with Crippen LogP contribution in [0.4, 0.5) is 0 Å². The van der Waals surface area contributed by atoms with Gasteiger partial charge < -0.3 is 10.2 Å². The van der Waals surface area contributed by atoms with Gasteiger partial charge in [0.1, 0.15) is 11.5 Å². The van der Waals surface area contributed by atoms with E-state index in [0.29, 0.717) is 0 Å². The molecule has 0 saturated heterocycles. The number of phenols is 2. The number of carbonyl (C=O) groups is 2. The van der Waals surface area contributed by atoms with Crippen LogP contribution >= 0.6 is 31.9 Å². The van der Waals surface area contributed by atoms with Crippen LogP contribution in [0.15, 0.2) is 8.95 Å². The number of hydrogen-bond acceptors (Lipinski definition) is 4. The molecule has 0 aliphatic carbocycles.